The van der Waals surface area contributed by atoms with Gasteiger partial charge in [0.1, 0.15) is 11.4 Å². The van der Waals surface area contributed by atoms with E-state index in [1.165, 1.54) is 72.3 Å². The average molecular weight is 615 g/mol. The molecule has 0 saturated heterocycles. The summed E-state index contributed by atoms with van der Waals surface area (Å²) in [7, 11) is 1.85. The minimum Gasteiger partial charge on any atom is -0.473 e. The number of allylic oxidation sites excluding steroid dienone is 2. The molecule has 1 aliphatic heterocycles. The van der Waals surface area contributed by atoms with Gasteiger partial charge in [0.2, 0.25) is 0 Å². The molecular formula is C45H42O2. The standard InChI is InChI=1S/C45H42O2/c1-5-32-27-38-33(29-45(47-43(38)26-31(32)3)41-24-14-10-20-36(41)37-21-11-15-25-42(37)45)17-7-6-16-30(2)28-44(46-4)39-22-12-8-18-34(39)35-19-9-13-23-40(35)44/h8-15,18-29H,5-7,16-17H2,1-4H3/b30-28+. The summed E-state index contributed by atoms with van der Waals surface area (Å²) in [4.78, 5) is 0. The van der Waals surface area contributed by atoms with Gasteiger partial charge >= 0.3 is 0 Å². The zero-order chi connectivity index (χ0) is 32.2. The van der Waals surface area contributed by atoms with Gasteiger partial charge in [0.25, 0.3) is 0 Å². The summed E-state index contributed by atoms with van der Waals surface area (Å²) in [5.41, 5.74) is 15.5. The summed E-state index contributed by atoms with van der Waals surface area (Å²) in [5.74, 6) is 1.00. The highest BCUT2D eigenvalue weighted by atomic mass is 16.5. The lowest BCUT2D eigenvalue weighted by Crippen LogP contribution is -2.33. The van der Waals surface area contributed by atoms with E-state index in [9.17, 15) is 0 Å². The normalized spacial score (nSPS) is 16.1. The third-order valence-corrected chi connectivity index (χ3v) is 10.7. The Morgan fingerprint density at radius 3 is 1.79 bits per heavy atom. The van der Waals surface area contributed by atoms with Gasteiger partial charge in [0, 0.05) is 34.9 Å². The van der Waals surface area contributed by atoms with E-state index in [1.54, 1.807) is 0 Å². The second-order valence-electron chi connectivity index (χ2n) is 13.5. The molecule has 47 heavy (non-hydrogen) atoms. The molecule has 0 bridgehead atoms. The van der Waals surface area contributed by atoms with Crippen LogP contribution < -0.4 is 4.74 Å². The monoisotopic (exact) mass is 614 g/mol. The molecule has 0 radical (unpaired) electrons. The minimum atomic E-state index is -0.611. The van der Waals surface area contributed by atoms with Crippen LogP contribution in [-0.2, 0) is 22.4 Å². The molecule has 2 nitrogen and oxygen atoms in total. The number of unbranched alkanes of at least 4 members (excludes halogenated alkanes) is 1. The van der Waals surface area contributed by atoms with Crippen LogP contribution in [0.2, 0.25) is 0 Å². The molecular weight excluding hydrogens is 572 g/mol. The first-order valence-electron chi connectivity index (χ1n) is 17.2. The zero-order valence-electron chi connectivity index (χ0n) is 27.9. The molecule has 2 aliphatic carbocycles. The number of aryl methyl sites for hydroxylation is 2. The Kier molecular flexibility index (Phi) is 7.30. The Morgan fingerprint density at radius 1 is 0.702 bits per heavy atom. The van der Waals surface area contributed by atoms with Crippen molar-refractivity contribution >= 4 is 5.57 Å². The van der Waals surface area contributed by atoms with Crippen molar-refractivity contribution in [1.82, 2.24) is 0 Å². The van der Waals surface area contributed by atoms with E-state index in [4.69, 9.17) is 9.47 Å². The van der Waals surface area contributed by atoms with Gasteiger partial charge in [0.15, 0.2) is 5.60 Å². The van der Waals surface area contributed by atoms with Gasteiger partial charge in [-0.05, 0) is 109 Å². The van der Waals surface area contributed by atoms with Crippen LogP contribution in [0.1, 0.15) is 78.5 Å². The van der Waals surface area contributed by atoms with Crippen LogP contribution in [0.5, 0.6) is 5.75 Å². The van der Waals surface area contributed by atoms with Gasteiger partial charge in [-0.1, -0.05) is 110 Å². The molecule has 1 spiro atoms. The molecule has 0 aromatic heterocycles. The molecule has 0 saturated carbocycles. The minimum absolute atomic E-state index is 0.552. The van der Waals surface area contributed by atoms with Gasteiger partial charge in [-0.2, -0.15) is 0 Å². The van der Waals surface area contributed by atoms with E-state index >= 15 is 0 Å². The highest BCUT2D eigenvalue weighted by molar-refractivity contribution is 5.86. The van der Waals surface area contributed by atoms with Crippen molar-refractivity contribution < 1.29 is 9.47 Å². The number of benzene rings is 5. The van der Waals surface area contributed by atoms with Gasteiger partial charge in [-0.3, -0.25) is 0 Å². The Labute approximate surface area is 279 Å². The fourth-order valence-electron chi connectivity index (χ4n) is 8.47. The summed E-state index contributed by atoms with van der Waals surface area (Å²) in [6.45, 7) is 6.73. The summed E-state index contributed by atoms with van der Waals surface area (Å²) >= 11 is 0. The molecule has 3 aliphatic rings. The number of methoxy groups -OCH3 is 1. The van der Waals surface area contributed by atoms with Crippen molar-refractivity contribution in [2.75, 3.05) is 7.11 Å². The fraction of sp³-hybridized carbons (Fsp3) is 0.244. The van der Waals surface area contributed by atoms with E-state index in [0.717, 1.165) is 37.9 Å². The van der Waals surface area contributed by atoms with Crippen molar-refractivity contribution in [3.63, 3.8) is 0 Å². The fourth-order valence-corrected chi connectivity index (χ4v) is 8.47. The third-order valence-electron chi connectivity index (χ3n) is 10.7. The van der Waals surface area contributed by atoms with E-state index in [-0.39, 0.29) is 0 Å². The molecule has 0 fully saturated rings. The van der Waals surface area contributed by atoms with E-state index in [2.05, 4.69) is 142 Å². The number of fused-ring (bicyclic) bond motifs is 9. The first kappa shape index (κ1) is 29.7. The van der Waals surface area contributed by atoms with Crippen LogP contribution in [-0.4, -0.2) is 7.11 Å². The highest BCUT2D eigenvalue weighted by Gasteiger charge is 2.46. The number of hydrogen-bond donors (Lipinski definition) is 0. The van der Waals surface area contributed by atoms with Crippen molar-refractivity contribution in [1.29, 1.82) is 0 Å². The van der Waals surface area contributed by atoms with Crippen molar-refractivity contribution in [2.24, 2.45) is 0 Å². The summed E-state index contributed by atoms with van der Waals surface area (Å²) < 4.78 is 13.6. The van der Waals surface area contributed by atoms with E-state index in [1.807, 2.05) is 7.11 Å². The molecule has 234 valence electrons. The second kappa shape index (κ2) is 11.5. The maximum Gasteiger partial charge on any atom is 0.179 e. The van der Waals surface area contributed by atoms with Crippen LogP contribution in [0.3, 0.4) is 0 Å². The van der Waals surface area contributed by atoms with Crippen LogP contribution in [0.15, 0.2) is 127 Å². The Balaban J connectivity index is 1.10. The van der Waals surface area contributed by atoms with Gasteiger partial charge in [-0.25, -0.2) is 0 Å². The highest BCUT2D eigenvalue weighted by Crippen LogP contribution is 2.55. The summed E-state index contributed by atoms with van der Waals surface area (Å²) in [5, 5.41) is 0. The largest absolute Gasteiger partial charge is 0.473 e. The summed E-state index contributed by atoms with van der Waals surface area (Å²) in [6, 6.07) is 39.6. The second-order valence-corrected chi connectivity index (χ2v) is 13.5. The van der Waals surface area contributed by atoms with Crippen LogP contribution in [0.4, 0.5) is 0 Å². The zero-order valence-corrected chi connectivity index (χ0v) is 27.9. The number of hydrogen-bond acceptors (Lipinski definition) is 2. The molecule has 5 aromatic carbocycles. The van der Waals surface area contributed by atoms with Crippen LogP contribution in [0, 0.1) is 6.92 Å². The molecule has 1 heterocycles. The van der Waals surface area contributed by atoms with Crippen molar-refractivity contribution in [2.45, 2.75) is 64.1 Å². The number of rotatable bonds is 8. The topological polar surface area (TPSA) is 18.5 Å². The molecule has 5 aromatic rings. The van der Waals surface area contributed by atoms with Gasteiger partial charge in [-0.15, -0.1) is 0 Å². The molecule has 0 unspecified atom stereocenters. The molecule has 2 heteroatoms. The average Bonchev–Trinajstić information content (AvgIpc) is 3.53. The van der Waals surface area contributed by atoms with Crippen LogP contribution >= 0.6 is 0 Å². The quantitative estimate of drug-likeness (QED) is 0.128. The van der Waals surface area contributed by atoms with Gasteiger partial charge < -0.3 is 9.47 Å². The molecule has 0 atom stereocenters. The first-order valence-corrected chi connectivity index (χ1v) is 17.2. The lowest BCUT2D eigenvalue weighted by molar-refractivity contribution is 0.0685. The van der Waals surface area contributed by atoms with Crippen LogP contribution in [0.25, 0.3) is 27.8 Å². The first-order chi connectivity index (χ1) is 23.0. The Bertz CT molecular complexity index is 1990. The molecule has 8 rings (SSSR count). The lowest BCUT2D eigenvalue weighted by atomic mass is 9.82. The van der Waals surface area contributed by atoms with Crippen molar-refractivity contribution in [3.05, 3.63) is 166 Å². The maximum absolute atomic E-state index is 7.14. The molecule has 0 N–H and O–H groups in total. The van der Waals surface area contributed by atoms with E-state index < -0.39 is 11.2 Å². The smallest absolute Gasteiger partial charge is 0.179 e. The predicted molar refractivity (Wildman–Crippen MR) is 194 cm³/mol. The van der Waals surface area contributed by atoms with Crippen molar-refractivity contribution in [3.8, 4) is 28.0 Å². The molecule has 0 amide bonds. The third kappa shape index (κ3) is 4.57. The SMILES string of the molecule is CCc1cc2c(cc1C)OC1(C=C2CCCC/C(C)=C/C2(OC)c3ccccc3-c3ccccc32)c2ccccc2-c2ccccc21. The van der Waals surface area contributed by atoms with Gasteiger partial charge in [0.05, 0.1) is 0 Å². The lowest BCUT2D eigenvalue weighted by Gasteiger charge is -2.36. The number of ether oxygens (including phenoxy) is 2. The Hall–Kier alpha value is -4.66. The van der Waals surface area contributed by atoms with E-state index in [0.29, 0.717) is 0 Å². The predicted octanol–water partition coefficient (Wildman–Crippen LogP) is 11.3. The summed E-state index contributed by atoms with van der Waals surface area (Å²) in [6.07, 6.45) is 10.1. The maximum atomic E-state index is 7.14. The Morgan fingerprint density at radius 2 is 1.23 bits per heavy atom.